The minimum atomic E-state index is -0.135. The van der Waals surface area contributed by atoms with Crippen LogP contribution in [0.4, 0.5) is 5.69 Å². The number of thiazole rings is 1. The molecule has 2 aromatic carbocycles. The highest BCUT2D eigenvalue weighted by Gasteiger charge is 2.27. The van der Waals surface area contributed by atoms with Gasteiger partial charge >= 0.3 is 0 Å². The van der Waals surface area contributed by atoms with Gasteiger partial charge in [0.25, 0.3) is 11.8 Å². The first-order valence-corrected chi connectivity index (χ1v) is 12.0. The van der Waals surface area contributed by atoms with E-state index in [4.69, 9.17) is 4.98 Å². The van der Waals surface area contributed by atoms with Crippen LogP contribution in [0, 0.1) is 0 Å². The highest BCUT2D eigenvalue weighted by Crippen LogP contribution is 2.33. The molecule has 1 atom stereocenters. The average Bonchev–Trinajstić information content (AvgIpc) is 3.49. The molecule has 0 radical (unpaired) electrons. The zero-order valence-corrected chi connectivity index (χ0v) is 18.4. The standard InChI is InChI=1S/C24H21N3O2S2/c28-22(21-8-4-14-30-21)25-18-11-9-16(10-12-18)24(29)27-13-3-5-17(15-27)23-26-19-6-1-2-7-20(19)31-23/h1-2,4,6-12,14,17H,3,5,13,15H2,(H,25,28)/t17-/m1/s1. The van der Waals surface area contributed by atoms with E-state index >= 15 is 0 Å². The summed E-state index contributed by atoms with van der Waals surface area (Å²) in [5, 5.41) is 5.86. The Balaban J connectivity index is 1.26. The highest BCUT2D eigenvalue weighted by molar-refractivity contribution is 7.18. The van der Waals surface area contributed by atoms with Crippen LogP contribution in [0.15, 0.2) is 66.0 Å². The Morgan fingerprint density at radius 2 is 1.87 bits per heavy atom. The van der Waals surface area contributed by atoms with Crippen LogP contribution in [0.5, 0.6) is 0 Å². The monoisotopic (exact) mass is 447 g/mol. The van der Waals surface area contributed by atoms with Crippen molar-refractivity contribution in [3.8, 4) is 0 Å². The van der Waals surface area contributed by atoms with Gasteiger partial charge < -0.3 is 10.2 Å². The van der Waals surface area contributed by atoms with Crippen molar-refractivity contribution in [3.05, 3.63) is 81.5 Å². The molecule has 5 nitrogen and oxygen atoms in total. The number of hydrogen-bond donors (Lipinski definition) is 1. The van der Waals surface area contributed by atoms with Crippen LogP contribution in [0.3, 0.4) is 0 Å². The minimum absolute atomic E-state index is 0.0296. The number of piperidine rings is 1. The number of nitrogens with zero attached hydrogens (tertiary/aromatic N) is 2. The molecule has 1 aliphatic rings. The van der Waals surface area contributed by atoms with Gasteiger partial charge in [-0.05, 0) is 60.7 Å². The molecule has 5 rings (SSSR count). The summed E-state index contributed by atoms with van der Waals surface area (Å²) in [6.45, 7) is 1.45. The molecular weight excluding hydrogens is 426 g/mol. The van der Waals surface area contributed by atoms with Crippen molar-refractivity contribution in [2.75, 3.05) is 18.4 Å². The fourth-order valence-corrected chi connectivity index (χ4v) is 5.62. The summed E-state index contributed by atoms with van der Waals surface area (Å²) in [7, 11) is 0. The first-order valence-electron chi connectivity index (χ1n) is 10.3. The number of carbonyl (C=O) groups excluding carboxylic acids is 2. The fraction of sp³-hybridized carbons (Fsp3) is 0.208. The molecule has 0 saturated carbocycles. The van der Waals surface area contributed by atoms with Crippen LogP contribution in [-0.4, -0.2) is 34.8 Å². The molecule has 3 heterocycles. The lowest BCUT2D eigenvalue weighted by molar-refractivity contribution is 0.0707. The van der Waals surface area contributed by atoms with Crippen molar-refractivity contribution < 1.29 is 9.59 Å². The molecule has 0 unspecified atom stereocenters. The Morgan fingerprint density at radius 1 is 1.03 bits per heavy atom. The Labute approximate surface area is 188 Å². The first kappa shape index (κ1) is 19.9. The van der Waals surface area contributed by atoms with Gasteiger partial charge in [-0.1, -0.05) is 18.2 Å². The second-order valence-corrected chi connectivity index (χ2v) is 9.63. The third-order valence-corrected chi connectivity index (χ3v) is 7.57. The van der Waals surface area contributed by atoms with Gasteiger partial charge in [-0.2, -0.15) is 0 Å². The number of amides is 2. The van der Waals surface area contributed by atoms with Crippen LogP contribution >= 0.6 is 22.7 Å². The molecule has 2 aromatic heterocycles. The molecule has 1 fully saturated rings. The lowest BCUT2D eigenvalue weighted by atomic mass is 9.98. The Morgan fingerprint density at radius 3 is 2.65 bits per heavy atom. The maximum atomic E-state index is 13.1. The predicted molar refractivity (Wildman–Crippen MR) is 126 cm³/mol. The van der Waals surface area contributed by atoms with Crippen molar-refractivity contribution in [1.82, 2.24) is 9.88 Å². The Bertz CT molecular complexity index is 1180. The summed E-state index contributed by atoms with van der Waals surface area (Å²) in [5.41, 5.74) is 2.35. The van der Waals surface area contributed by atoms with E-state index in [0.717, 1.165) is 29.9 Å². The van der Waals surface area contributed by atoms with Crippen LogP contribution in [-0.2, 0) is 0 Å². The summed E-state index contributed by atoms with van der Waals surface area (Å²) in [5.74, 6) is 0.171. The quantitative estimate of drug-likeness (QED) is 0.441. The molecule has 1 saturated heterocycles. The number of carbonyl (C=O) groups is 2. The molecule has 1 N–H and O–H groups in total. The van der Waals surface area contributed by atoms with Crippen LogP contribution in [0.1, 0.15) is 43.8 Å². The van der Waals surface area contributed by atoms with Gasteiger partial charge in [-0.15, -0.1) is 22.7 Å². The Kier molecular flexibility index (Phi) is 5.53. The van der Waals surface area contributed by atoms with Crippen molar-refractivity contribution >= 4 is 50.4 Å². The second-order valence-electron chi connectivity index (χ2n) is 7.62. The number of para-hydroxylation sites is 1. The fourth-order valence-electron chi connectivity index (χ4n) is 3.91. The number of fused-ring (bicyclic) bond motifs is 1. The molecule has 156 valence electrons. The molecule has 4 aromatic rings. The second kappa shape index (κ2) is 8.61. The molecule has 0 spiro atoms. The van der Waals surface area contributed by atoms with E-state index in [0.29, 0.717) is 22.7 Å². The molecule has 1 aliphatic heterocycles. The molecular formula is C24H21N3O2S2. The summed E-state index contributed by atoms with van der Waals surface area (Å²) in [4.78, 5) is 32.7. The topological polar surface area (TPSA) is 62.3 Å². The maximum absolute atomic E-state index is 13.1. The highest BCUT2D eigenvalue weighted by atomic mass is 32.1. The van der Waals surface area contributed by atoms with E-state index in [1.807, 2.05) is 34.5 Å². The first-order chi connectivity index (χ1) is 15.2. The third kappa shape index (κ3) is 4.24. The van der Waals surface area contributed by atoms with Crippen LogP contribution < -0.4 is 5.32 Å². The third-order valence-electron chi connectivity index (χ3n) is 5.50. The SMILES string of the molecule is O=C(Nc1ccc(C(=O)N2CCC[C@@H](c3nc4ccccc4s3)C2)cc1)c1cccs1. The van der Waals surface area contributed by atoms with E-state index in [1.54, 1.807) is 41.7 Å². The van der Waals surface area contributed by atoms with Crippen molar-refractivity contribution in [1.29, 1.82) is 0 Å². The number of nitrogens with one attached hydrogen (secondary N) is 1. The zero-order chi connectivity index (χ0) is 21.2. The summed E-state index contributed by atoms with van der Waals surface area (Å²) in [6.07, 6.45) is 2.03. The largest absolute Gasteiger partial charge is 0.338 e. The average molecular weight is 448 g/mol. The van der Waals surface area contributed by atoms with Crippen molar-refractivity contribution in [3.63, 3.8) is 0 Å². The molecule has 0 bridgehead atoms. The number of likely N-dealkylation sites (tertiary alicyclic amines) is 1. The number of benzene rings is 2. The molecule has 7 heteroatoms. The van der Waals surface area contributed by atoms with Crippen molar-refractivity contribution in [2.45, 2.75) is 18.8 Å². The van der Waals surface area contributed by atoms with Gasteiger partial charge in [-0.25, -0.2) is 4.98 Å². The molecule has 31 heavy (non-hydrogen) atoms. The number of aromatic nitrogens is 1. The normalized spacial score (nSPS) is 16.4. The van der Waals surface area contributed by atoms with Crippen molar-refractivity contribution in [2.24, 2.45) is 0 Å². The molecule has 0 aliphatic carbocycles. The van der Waals surface area contributed by atoms with E-state index in [-0.39, 0.29) is 17.7 Å². The summed E-state index contributed by atoms with van der Waals surface area (Å²) >= 11 is 3.13. The van der Waals surface area contributed by atoms with E-state index in [9.17, 15) is 9.59 Å². The number of thiophene rings is 1. The van der Waals surface area contributed by atoms with Gasteiger partial charge in [-0.3, -0.25) is 9.59 Å². The predicted octanol–water partition coefficient (Wildman–Crippen LogP) is 5.63. The molecule has 2 amide bonds. The van der Waals surface area contributed by atoms with Gasteiger partial charge in [0.1, 0.15) is 0 Å². The summed E-state index contributed by atoms with van der Waals surface area (Å²) < 4.78 is 1.20. The van der Waals surface area contributed by atoms with Crippen LogP contribution in [0.2, 0.25) is 0 Å². The minimum Gasteiger partial charge on any atom is -0.338 e. The van der Waals surface area contributed by atoms with Gasteiger partial charge in [0, 0.05) is 30.3 Å². The van der Waals surface area contributed by atoms with Gasteiger partial charge in [0.15, 0.2) is 0 Å². The lowest BCUT2D eigenvalue weighted by Crippen LogP contribution is -2.39. The Hall–Kier alpha value is -3.03. The van der Waals surface area contributed by atoms with E-state index < -0.39 is 0 Å². The van der Waals surface area contributed by atoms with Crippen LogP contribution in [0.25, 0.3) is 10.2 Å². The van der Waals surface area contributed by atoms with E-state index in [1.165, 1.54) is 16.0 Å². The number of rotatable bonds is 4. The lowest BCUT2D eigenvalue weighted by Gasteiger charge is -2.32. The smallest absolute Gasteiger partial charge is 0.265 e. The van der Waals surface area contributed by atoms with Gasteiger partial charge in [0.05, 0.1) is 20.1 Å². The van der Waals surface area contributed by atoms with Gasteiger partial charge in [0.2, 0.25) is 0 Å². The zero-order valence-electron chi connectivity index (χ0n) is 16.8. The maximum Gasteiger partial charge on any atom is 0.265 e. The number of hydrogen-bond acceptors (Lipinski definition) is 5. The summed E-state index contributed by atoms with van der Waals surface area (Å²) in [6, 6.07) is 19.0. The number of anilines is 1. The van der Waals surface area contributed by atoms with E-state index in [2.05, 4.69) is 11.4 Å².